The maximum Gasteiger partial charge on any atom is 0.192 e. The highest BCUT2D eigenvalue weighted by molar-refractivity contribution is 6.74. The van der Waals surface area contributed by atoms with Gasteiger partial charge in [0, 0.05) is 5.41 Å². The Bertz CT molecular complexity index is 333. The molecule has 0 radical (unpaired) electrons. The van der Waals surface area contributed by atoms with Gasteiger partial charge in [-0.15, -0.1) is 6.58 Å². The van der Waals surface area contributed by atoms with Gasteiger partial charge in [0.15, 0.2) is 8.32 Å². The highest BCUT2D eigenvalue weighted by Gasteiger charge is 2.44. The minimum atomic E-state index is -1.88. The summed E-state index contributed by atoms with van der Waals surface area (Å²) >= 11 is 0. The fourth-order valence-corrected chi connectivity index (χ4v) is 4.11. The van der Waals surface area contributed by atoms with Gasteiger partial charge in [-0.1, -0.05) is 60.5 Å². The molecule has 0 aromatic rings. The van der Waals surface area contributed by atoms with E-state index in [9.17, 15) is 5.11 Å². The monoisotopic (exact) mass is 328 g/mol. The van der Waals surface area contributed by atoms with Crippen LogP contribution in [-0.4, -0.2) is 25.6 Å². The van der Waals surface area contributed by atoms with Gasteiger partial charge in [-0.05, 0) is 37.4 Å². The molecule has 0 aliphatic heterocycles. The summed E-state index contributed by atoms with van der Waals surface area (Å²) < 4.78 is 6.54. The van der Waals surface area contributed by atoms with Gasteiger partial charge in [0.2, 0.25) is 0 Å². The lowest BCUT2D eigenvalue weighted by Crippen LogP contribution is -2.51. The van der Waals surface area contributed by atoms with Crippen LogP contribution in [0.5, 0.6) is 0 Å². The van der Waals surface area contributed by atoms with E-state index < -0.39 is 14.4 Å². The van der Waals surface area contributed by atoms with E-state index in [4.69, 9.17) is 4.43 Å². The molecule has 1 N–H and O–H groups in total. The molecular formula is C19H40O2Si. The Morgan fingerprint density at radius 2 is 1.73 bits per heavy atom. The van der Waals surface area contributed by atoms with E-state index in [1.807, 2.05) is 6.08 Å². The molecule has 132 valence electrons. The number of aliphatic hydroxyl groups excluding tert-OH is 1. The van der Waals surface area contributed by atoms with Gasteiger partial charge in [-0.2, -0.15) is 0 Å². The van der Waals surface area contributed by atoms with Crippen molar-refractivity contribution in [1.29, 1.82) is 0 Å². The standard InChI is InChI=1S/C19H40O2Si/c1-10-14-15-19(12-3,13-4)17(20)16(11-2)21-22(8,9)18(5,6)7/h12,16-17,20H,3,10-11,13-15H2,1-2,4-9H3/t16-,17?,19+/m0/s1. The quantitative estimate of drug-likeness (QED) is 0.398. The first kappa shape index (κ1) is 21.9. The fourth-order valence-electron chi connectivity index (χ4n) is 2.70. The second-order valence-corrected chi connectivity index (χ2v) is 12.9. The molecule has 22 heavy (non-hydrogen) atoms. The summed E-state index contributed by atoms with van der Waals surface area (Å²) in [6, 6.07) is 0. The lowest BCUT2D eigenvalue weighted by Gasteiger charge is -2.44. The van der Waals surface area contributed by atoms with Crippen LogP contribution in [0.15, 0.2) is 12.7 Å². The van der Waals surface area contributed by atoms with E-state index in [0.717, 1.165) is 32.1 Å². The highest BCUT2D eigenvalue weighted by Crippen LogP contribution is 2.41. The average molecular weight is 329 g/mol. The molecular weight excluding hydrogens is 288 g/mol. The lowest BCUT2D eigenvalue weighted by atomic mass is 9.73. The molecule has 0 aliphatic rings. The molecule has 0 amide bonds. The van der Waals surface area contributed by atoms with Crippen molar-refractivity contribution in [3.63, 3.8) is 0 Å². The van der Waals surface area contributed by atoms with Crippen LogP contribution in [0.25, 0.3) is 0 Å². The summed E-state index contributed by atoms with van der Waals surface area (Å²) in [6.45, 7) is 21.8. The second-order valence-electron chi connectivity index (χ2n) is 8.16. The number of aliphatic hydroxyl groups is 1. The van der Waals surface area contributed by atoms with Crippen molar-refractivity contribution in [2.24, 2.45) is 5.41 Å². The average Bonchev–Trinajstić information content (AvgIpc) is 2.45. The van der Waals surface area contributed by atoms with Gasteiger partial charge in [-0.25, -0.2) is 0 Å². The van der Waals surface area contributed by atoms with Gasteiger partial charge < -0.3 is 9.53 Å². The van der Waals surface area contributed by atoms with Crippen LogP contribution in [0.4, 0.5) is 0 Å². The summed E-state index contributed by atoms with van der Waals surface area (Å²) in [7, 11) is -1.88. The minimum absolute atomic E-state index is 0.101. The largest absolute Gasteiger partial charge is 0.411 e. The summed E-state index contributed by atoms with van der Waals surface area (Å²) in [5.74, 6) is 0. The van der Waals surface area contributed by atoms with E-state index in [1.54, 1.807) is 0 Å². The SMILES string of the molecule is C=C[C@@](CC)(CCCC)C(O)[C@H](CC)O[Si](C)(C)C(C)(C)C. The molecule has 0 saturated heterocycles. The smallest absolute Gasteiger partial charge is 0.192 e. The Labute approximate surface area is 140 Å². The van der Waals surface area contributed by atoms with E-state index in [1.165, 1.54) is 0 Å². The third-order valence-corrected chi connectivity index (χ3v) is 10.2. The van der Waals surface area contributed by atoms with Crippen molar-refractivity contribution in [1.82, 2.24) is 0 Å². The Balaban J connectivity index is 5.31. The first-order valence-electron chi connectivity index (χ1n) is 9.00. The third kappa shape index (κ3) is 5.21. The van der Waals surface area contributed by atoms with Crippen LogP contribution in [0, 0.1) is 5.41 Å². The zero-order valence-corrected chi connectivity index (χ0v) is 17.3. The van der Waals surface area contributed by atoms with Crippen LogP contribution >= 0.6 is 0 Å². The van der Waals surface area contributed by atoms with Crippen LogP contribution < -0.4 is 0 Å². The molecule has 0 aromatic carbocycles. The zero-order chi connectivity index (χ0) is 17.6. The molecule has 1 unspecified atom stereocenters. The molecule has 3 atom stereocenters. The summed E-state index contributed by atoms with van der Waals surface area (Å²) in [4.78, 5) is 0. The van der Waals surface area contributed by atoms with Crippen molar-refractivity contribution in [3.05, 3.63) is 12.7 Å². The topological polar surface area (TPSA) is 29.5 Å². The Kier molecular flexibility index (Phi) is 8.60. The van der Waals surface area contributed by atoms with Gasteiger partial charge in [0.25, 0.3) is 0 Å². The number of hydrogen-bond donors (Lipinski definition) is 1. The Morgan fingerprint density at radius 1 is 1.18 bits per heavy atom. The van der Waals surface area contributed by atoms with Crippen LogP contribution in [0.2, 0.25) is 18.1 Å². The molecule has 0 fully saturated rings. The van der Waals surface area contributed by atoms with Crippen LogP contribution in [0.1, 0.15) is 73.6 Å². The summed E-state index contributed by atoms with van der Waals surface area (Å²) in [6.07, 6.45) is 6.41. The molecule has 0 aromatic heterocycles. The molecule has 2 nitrogen and oxygen atoms in total. The number of hydrogen-bond acceptors (Lipinski definition) is 2. The van der Waals surface area contributed by atoms with E-state index in [2.05, 4.69) is 61.2 Å². The van der Waals surface area contributed by atoms with E-state index in [-0.39, 0.29) is 16.6 Å². The Hall–Kier alpha value is -0.123. The minimum Gasteiger partial charge on any atom is -0.411 e. The Morgan fingerprint density at radius 3 is 2.05 bits per heavy atom. The molecule has 0 aliphatic carbocycles. The second kappa shape index (κ2) is 8.65. The molecule has 0 rings (SSSR count). The van der Waals surface area contributed by atoms with Gasteiger partial charge in [0.05, 0.1) is 12.2 Å². The maximum atomic E-state index is 11.1. The molecule has 0 spiro atoms. The molecule has 0 bridgehead atoms. The number of rotatable bonds is 10. The van der Waals surface area contributed by atoms with Crippen molar-refractivity contribution in [2.75, 3.05) is 0 Å². The zero-order valence-electron chi connectivity index (χ0n) is 16.3. The van der Waals surface area contributed by atoms with Crippen LogP contribution in [0.3, 0.4) is 0 Å². The van der Waals surface area contributed by atoms with Gasteiger partial charge in [0.1, 0.15) is 0 Å². The molecule has 3 heteroatoms. The first-order chi connectivity index (χ1) is 10.0. The van der Waals surface area contributed by atoms with Crippen molar-refractivity contribution in [3.8, 4) is 0 Å². The van der Waals surface area contributed by atoms with Crippen molar-refractivity contribution < 1.29 is 9.53 Å². The number of unbranched alkanes of at least 4 members (excludes halogenated alkanes) is 1. The van der Waals surface area contributed by atoms with E-state index in [0.29, 0.717) is 0 Å². The molecule has 0 heterocycles. The normalized spacial score (nSPS) is 18.6. The lowest BCUT2D eigenvalue weighted by molar-refractivity contribution is -0.0463. The van der Waals surface area contributed by atoms with Gasteiger partial charge in [-0.3, -0.25) is 0 Å². The highest BCUT2D eigenvalue weighted by atomic mass is 28.4. The van der Waals surface area contributed by atoms with Crippen molar-refractivity contribution >= 4 is 8.32 Å². The first-order valence-corrected chi connectivity index (χ1v) is 11.9. The van der Waals surface area contributed by atoms with E-state index >= 15 is 0 Å². The van der Waals surface area contributed by atoms with Gasteiger partial charge >= 0.3 is 0 Å². The maximum absolute atomic E-state index is 11.1. The molecule has 0 saturated carbocycles. The van der Waals surface area contributed by atoms with Crippen LogP contribution in [-0.2, 0) is 4.43 Å². The summed E-state index contributed by atoms with van der Waals surface area (Å²) in [5.41, 5.74) is -0.223. The third-order valence-electron chi connectivity index (χ3n) is 5.66. The predicted octanol–water partition coefficient (Wildman–Crippen LogP) is 5.92. The predicted molar refractivity (Wildman–Crippen MR) is 101 cm³/mol. The van der Waals surface area contributed by atoms with Crippen molar-refractivity contribution in [2.45, 2.75) is 104 Å². The summed E-state index contributed by atoms with van der Waals surface area (Å²) in [5, 5.41) is 11.3. The fraction of sp³-hybridized carbons (Fsp3) is 0.895.